The maximum Gasteiger partial charge on any atom is 0.228 e. The second-order valence-corrected chi connectivity index (χ2v) is 4.60. The third-order valence-electron chi connectivity index (χ3n) is 2.04. The van der Waals surface area contributed by atoms with Gasteiger partial charge in [0.25, 0.3) is 0 Å². The molecule has 0 saturated carbocycles. The Labute approximate surface area is 97.0 Å². The molecule has 0 spiro atoms. The Morgan fingerprint density at radius 2 is 1.75 bits per heavy atom. The molecule has 0 aliphatic carbocycles. The van der Waals surface area contributed by atoms with Gasteiger partial charge in [0, 0.05) is 18.5 Å². The molecule has 16 heavy (non-hydrogen) atoms. The first kappa shape index (κ1) is 15.3. The molecule has 0 radical (unpaired) electrons. The zero-order chi connectivity index (χ0) is 12.6. The molecule has 0 saturated heterocycles. The molecular formula is C11H23NO4. The van der Waals surface area contributed by atoms with E-state index in [1.807, 2.05) is 20.8 Å². The normalized spacial score (nSPS) is 11.6. The van der Waals surface area contributed by atoms with E-state index in [0.29, 0.717) is 19.7 Å². The van der Waals surface area contributed by atoms with E-state index in [0.717, 1.165) is 0 Å². The summed E-state index contributed by atoms with van der Waals surface area (Å²) in [5, 5.41) is 17.4. The van der Waals surface area contributed by atoms with E-state index < -0.39 is 5.41 Å². The minimum Gasteiger partial charge on any atom is -0.395 e. The second-order valence-electron chi connectivity index (χ2n) is 4.60. The molecule has 0 unspecified atom stereocenters. The Hall–Kier alpha value is -0.650. The predicted octanol–water partition coefficient (Wildman–Crippen LogP) is -0.138. The van der Waals surface area contributed by atoms with Crippen LogP contribution in [0.4, 0.5) is 0 Å². The molecule has 0 aromatic rings. The van der Waals surface area contributed by atoms with Crippen molar-refractivity contribution in [3.05, 3.63) is 0 Å². The number of carbonyl (C=O) groups is 1. The predicted molar refractivity (Wildman–Crippen MR) is 61.0 cm³/mol. The third kappa shape index (κ3) is 6.05. The Morgan fingerprint density at radius 3 is 2.19 bits per heavy atom. The maximum atomic E-state index is 11.9. The van der Waals surface area contributed by atoms with Crippen molar-refractivity contribution in [2.75, 3.05) is 39.5 Å². The van der Waals surface area contributed by atoms with Crippen molar-refractivity contribution in [3.8, 4) is 0 Å². The van der Waals surface area contributed by atoms with Crippen LogP contribution in [-0.4, -0.2) is 60.5 Å². The molecule has 2 N–H and O–H groups in total. The fraction of sp³-hybridized carbons (Fsp3) is 0.909. The maximum absolute atomic E-state index is 11.9. The van der Waals surface area contributed by atoms with Crippen LogP contribution in [0.1, 0.15) is 20.8 Å². The first-order chi connectivity index (χ1) is 7.43. The standard InChI is InChI=1S/C11H23NO4/c1-11(2,3)10(15)12(4-6-13)5-8-16-9-7-14/h13-14H,4-9H2,1-3H3. The van der Waals surface area contributed by atoms with Crippen molar-refractivity contribution in [1.29, 1.82) is 0 Å². The number of carbonyl (C=O) groups excluding carboxylic acids is 1. The highest BCUT2D eigenvalue weighted by atomic mass is 16.5. The quantitative estimate of drug-likeness (QED) is 0.601. The zero-order valence-electron chi connectivity index (χ0n) is 10.4. The Balaban J connectivity index is 4.11. The van der Waals surface area contributed by atoms with Crippen LogP contribution in [0.5, 0.6) is 0 Å². The second kappa shape index (κ2) is 7.60. The monoisotopic (exact) mass is 233 g/mol. The lowest BCUT2D eigenvalue weighted by Gasteiger charge is -2.28. The molecule has 0 aliphatic rings. The van der Waals surface area contributed by atoms with Crippen molar-refractivity contribution in [2.24, 2.45) is 5.41 Å². The minimum absolute atomic E-state index is 0.00542. The van der Waals surface area contributed by atoms with Crippen LogP contribution in [0.25, 0.3) is 0 Å². The van der Waals surface area contributed by atoms with E-state index in [9.17, 15) is 4.79 Å². The number of nitrogens with zero attached hydrogens (tertiary/aromatic N) is 1. The third-order valence-corrected chi connectivity index (χ3v) is 2.04. The van der Waals surface area contributed by atoms with Crippen LogP contribution in [0, 0.1) is 5.41 Å². The Morgan fingerprint density at radius 1 is 1.12 bits per heavy atom. The van der Waals surface area contributed by atoms with Gasteiger partial charge >= 0.3 is 0 Å². The molecule has 0 heterocycles. The molecule has 0 aliphatic heterocycles. The fourth-order valence-corrected chi connectivity index (χ4v) is 1.25. The molecule has 1 amide bonds. The highest BCUT2D eigenvalue weighted by Crippen LogP contribution is 2.16. The van der Waals surface area contributed by atoms with E-state index in [1.54, 1.807) is 4.90 Å². The number of hydrogen-bond acceptors (Lipinski definition) is 4. The number of ether oxygens (including phenoxy) is 1. The molecule has 0 aromatic carbocycles. The molecule has 0 bridgehead atoms. The summed E-state index contributed by atoms with van der Waals surface area (Å²) in [6.45, 7) is 6.86. The minimum atomic E-state index is -0.452. The van der Waals surface area contributed by atoms with Crippen molar-refractivity contribution in [3.63, 3.8) is 0 Å². The van der Waals surface area contributed by atoms with Gasteiger partial charge in [-0.3, -0.25) is 4.79 Å². The SMILES string of the molecule is CC(C)(C)C(=O)N(CCO)CCOCCO. The van der Waals surface area contributed by atoms with Gasteiger partial charge in [-0.1, -0.05) is 20.8 Å². The van der Waals surface area contributed by atoms with E-state index in [2.05, 4.69) is 0 Å². The summed E-state index contributed by atoms with van der Waals surface area (Å²) in [5.41, 5.74) is -0.452. The smallest absolute Gasteiger partial charge is 0.228 e. The topological polar surface area (TPSA) is 70.0 Å². The average Bonchev–Trinajstić information content (AvgIpc) is 2.20. The van der Waals surface area contributed by atoms with Gasteiger partial charge < -0.3 is 19.8 Å². The summed E-state index contributed by atoms with van der Waals surface area (Å²) in [5.74, 6) is -0.00542. The summed E-state index contributed by atoms with van der Waals surface area (Å²) in [4.78, 5) is 13.5. The van der Waals surface area contributed by atoms with Gasteiger partial charge in [0.2, 0.25) is 5.91 Å². The van der Waals surface area contributed by atoms with E-state index in [1.165, 1.54) is 0 Å². The fourth-order valence-electron chi connectivity index (χ4n) is 1.25. The van der Waals surface area contributed by atoms with Gasteiger partial charge in [-0.25, -0.2) is 0 Å². The lowest BCUT2D eigenvalue weighted by molar-refractivity contribution is -0.140. The van der Waals surface area contributed by atoms with Crippen LogP contribution in [-0.2, 0) is 9.53 Å². The first-order valence-corrected chi connectivity index (χ1v) is 5.52. The van der Waals surface area contributed by atoms with Crippen LogP contribution < -0.4 is 0 Å². The summed E-state index contributed by atoms with van der Waals surface area (Å²) in [7, 11) is 0. The largest absolute Gasteiger partial charge is 0.395 e. The van der Waals surface area contributed by atoms with Crippen molar-refractivity contribution >= 4 is 5.91 Å². The molecule has 96 valence electrons. The first-order valence-electron chi connectivity index (χ1n) is 5.52. The summed E-state index contributed by atoms with van der Waals surface area (Å²) >= 11 is 0. The highest BCUT2D eigenvalue weighted by Gasteiger charge is 2.26. The molecule has 0 atom stereocenters. The lowest BCUT2D eigenvalue weighted by Crippen LogP contribution is -2.42. The zero-order valence-corrected chi connectivity index (χ0v) is 10.4. The summed E-state index contributed by atoms with van der Waals surface area (Å²) in [6, 6.07) is 0. The van der Waals surface area contributed by atoms with Crippen LogP contribution in [0.15, 0.2) is 0 Å². The van der Waals surface area contributed by atoms with Crippen LogP contribution in [0.2, 0.25) is 0 Å². The van der Waals surface area contributed by atoms with Gasteiger partial charge in [-0.05, 0) is 0 Å². The van der Waals surface area contributed by atoms with Crippen LogP contribution in [0.3, 0.4) is 0 Å². The highest BCUT2D eigenvalue weighted by molar-refractivity contribution is 5.81. The van der Waals surface area contributed by atoms with Gasteiger partial charge in [0.1, 0.15) is 0 Å². The van der Waals surface area contributed by atoms with Gasteiger partial charge in [0.15, 0.2) is 0 Å². The molecule has 0 fully saturated rings. The van der Waals surface area contributed by atoms with E-state index in [-0.39, 0.29) is 25.7 Å². The number of aliphatic hydroxyl groups excluding tert-OH is 2. The number of hydrogen-bond donors (Lipinski definition) is 2. The number of amides is 1. The molecule has 0 rings (SSSR count). The van der Waals surface area contributed by atoms with Crippen molar-refractivity contribution in [1.82, 2.24) is 4.90 Å². The molecular weight excluding hydrogens is 210 g/mol. The van der Waals surface area contributed by atoms with Gasteiger partial charge in [-0.15, -0.1) is 0 Å². The summed E-state index contributed by atoms with van der Waals surface area (Å²) in [6.07, 6.45) is 0. The average molecular weight is 233 g/mol. The van der Waals surface area contributed by atoms with Gasteiger partial charge in [0.05, 0.1) is 26.4 Å². The Bertz CT molecular complexity index is 201. The molecule has 5 heteroatoms. The van der Waals surface area contributed by atoms with Crippen molar-refractivity contribution in [2.45, 2.75) is 20.8 Å². The van der Waals surface area contributed by atoms with Crippen LogP contribution >= 0.6 is 0 Å². The number of rotatable bonds is 7. The number of aliphatic hydroxyl groups is 2. The molecule has 5 nitrogen and oxygen atoms in total. The van der Waals surface area contributed by atoms with Crippen molar-refractivity contribution < 1.29 is 19.7 Å². The lowest BCUT2D eigenvalue weighted by atomic mass is 9.95. The summed E-state index contributed by atoms with van der Waals surface area (Å²) < 4.78 is 5.10. The molecule has 0 aromatic heterocycles. The van der Waals surface area contributed by atoms with E-state index >= 15 is 0 Å². The Kier molecular flexibility index (Phi) is 7.29. The van der Waals surface area contributed by atoms with Gasteiger partial charge in [-0.2, -0.15) is 0 Å². The van der Waals surface area contributed by atoms with E-state index in [4.69, 9.17) is 14.9 Å².